The van der Waals surface area contributed by atoms with E-state index in [1.807, 2.05) is 0 Å². The van der Waals surface area contributed by atoms with Gasteiger partial charge in [0.1, 0.15) is 0 Å². The summed E-state index contributed by atoms with van der Waals surface area (Å²) < 4.78 is 39.0. The summed E-state index contributed by atoms with van der Waals surface area (Å²) in [7, 11) is 1.55. The number of carbonyl (C=O) groups excluding carboxylic acids is 1. The van der Waals surface area contributed by atoms with Crippen molar-refractivity contribution in [2.75, 3.05) is 11.1 Å². The molecule has 0 saturated heterocycles. The SMILES string of the molecule is Cn1ncc(N)c1NC(=O)c1cccc(C(F)(F)F)c1. The van der Waals surface area contributed by atoms with Crippen LogP contribution in [0.2, 0.25) is 0 Å². The third-order valence-corrected chi connectivity index (χ3v) is 2.65. The quantitative estimate of drug-likeness (QED) is 0.888. The molecule has 0 unspecified atom stereocenters. The highest BCUT2D eigenvalue weighted by atomic mass is 19.4. The van der Waals surface area contributed by atoms with Crippen molar-refractivity contribution in [3.05, 3.63) is 41.6 Å². The predicted molar refractivity (Wildman–Crippen MR) is 67.0 cm³/mol. The average molecular weight is 284 g/mol. The van der Waals surface area contributed by atoms with Crippen molar-refractivity contribution in [2.45, 2.75) is 6.18 Å². The molecule has 20 heavy (non-hydrogen) atoms. The molecule has 0 radical (unpaired) electrons. The first-order chi connectivity index (χ1) is 9.29. The van der Waals surface area contributed by atoms with E-state index >= 15 is 0 Å². The van der Waals surface area contributed by atoms with Gasteiger partial charge in [0.2, 0.25) is 0 Å². The molecule has 1 amide bonds. The smallest absolute Gasteiger partial charge is 0.394 e. The number of aromatic nitrogens is 2. The van der Waals surface area contributed by atoms with Crippen LogP contribution in [-0.4, -0.2) is 15.7 Å². The van der Waals surface area contributed by atoms with Crippen molar-refractivity contribution in [2.24, 2.45) is 7.05 Å². The molecular weight excluding hydrogens is 273 g/mol. The summed E-state index contributed by atoms with van der Waals surface area (Å²) in [5.74, 6) is -0.459. The van der Waals surface area contributed by atoms with Crippen LogP contribution in [0.25, 0.3) is 0 Å². The number of nitrogen functional groups attached to an aromatic ring is 1. The molecule has 0 atom stereocenters. The minimum Gasteiger partial charge on any atom is -0.394 e. The van der Waals surface area contributed by atoms with Gasteiger partial charge in [-0.25, -0.2) is 0 Å². The zero-order valence-electron chi connectivity index (χ0n) is 10.4. The van der Waals surface area contributed by atoms with Crippen LogP contribution >= 0.6 is 0 Å². The second-order valence-corrected chi connectivity index (χ2v) is 4.10. The van der Waals surface area contributed by atoms with Crippen molar-refractivity contribution in [3.63, 3.8) is 0 Å². The topological polar surface area (TPSA) is 72.9 Å². The van der Waals surface area contributed by atoms with Gasteiger partial charge in [-0.3, -0.25) is 9.48 Å². The number of nitrogens with two attached hydrogens (primary N) is 1. The minimum absolute atomic E-state index is 0.111. The molecule has 2 aromatic rings. The second-order valence-electron chi connectivity index (χ2n) is 4.10. The molecule has 8 heteroatoms. The van der Waals surface area contributed by atoms with E-state index in [2.05, 4.69) is 10.4 Å². The summed E-state index contributed by atoms with van der Waals surface area (Å²) in [6.07, 6.45) is -3.16. The van der Waals surface area contributed by atoms with E-state index in [1.165, 1.54) is 23.0 Å². The van der Waals surface area contributed by atoms with Gasteiger partial charge in [0.25, 0.3) is 5.91 Å². The average Bonchev–Trinajstić information content (AvgIpc) is 2.69. The number of carbonyl (C=O) groups is 1. The molecule has 0 aliphatic carbocycles. The maximum absolute atomic E-state index is 12.6. The number of halogens is 3. The van der Waals surface area contributed by atoms with E-state index in [4.69, 9.17) is 5.73 Å². The lowest BCUT2D eigenvalue weighted by Gasteiger charge is -2.09. The molecule has 3 N–H and O–H groups in total. The maximum Gasteiger partial charge on any atom is 0.416 e. The van der Waals surface area contributed by atoms with Gasteiger partial charge in [-0.15, -0.1) is 0 Å². The number of rotatable bonds is 2. The van der Waals surface area contributed by atoms with Crippen LogP contribution in [0.5, 0.6) is 0 Å². The summed E-state index contributed by atoms with van der Waals surface area (Å²) >= 11 is 0. The molecule has 0 aliphatic rings. The summed E-state index contributed by atoms with van der Waals surface area (Å²) in [6.45, 7) is 0. The lowest BCUT2D eigenvalue weighted by molar-refractivity contribution is -0.137. The van der Waals surface area contributed by atoms with Crippen molar-refractivity contribution in [1.82, 2.24) is 9.78 Å². The van der Waals surface area contributed by atoms with Crippen molar-refractivity contribution in [1.29, 1.82) is 0 Å². The highest BCUT2D eigenvalue weighted by molar-refractivity contribution is 6.05. The van der Waals surface area contributed by atoms with Gasteiger partial charge >= 0.3 is 6.18 Å². The Bertz CT molecular complexity index is 629. The molecular formula is C12H11F3N4O. The molecule has 0 fully saturated rings. The lowest BCUT2D eigenvalue weighted by Crippen LogP contribution is -2.16. The molecule has 0 saturated carbocycles. The number of alkyl halides is 3. The number of anilines is 2. The summed E-state index contributed by atoms with van der Waals surface area (Å²) in [5, 5.41) is 6.24. The number of nitrogens with one attached hydrogen (secondary N) is 1. The monoisotopic (exact) mass is 284 g/mol. The van der Waals surface area contributed by atoms with Crippen LogP contribution in [0.15, 0.2) is 30.5 Å². The van der Waals surface area contributed by atoms with Gasteiger partial charge in [-0.2, -0.15) is 18.3 Å². The minimum atomic E-state index is -4.50. The Labute approximate surface area is 112 Å². The third kappa shape index (κ3) is 2.73. The molecule has 1 aromatic heterocycles. The molecule has 1 heterocycles. The fourth-order valence-corrected chi connectivity index (χ4v) is 1.62. The van der Waals surface area contributed by atoms with Crippen LogP contribution in [0, 0.1) is 0 Å². The standard InChI is InChI=1S/C12H11F3N4O/c1-19-10(9(16)6-17-19)18-11(20)7-3-2-4-8(5-7)12(13,14)15/h2-6H,16H2,1H3,(H,18,20). The summed E-state index contributed by atoms with van der Waals surface area (Å²) in [5.41, 5.74) is 4.82. The molecule has 5 nitrogen and oxygen atoms in total. The number of benzene rings is 1. The van der Waals surface area contributed by atoms with E-state index in [0.717, 1.165) is 12.1 Å². The summed E-state index contributed by atoms with van der Waals surface area (Å²) in [6, 6.07) is 4.14. The van der Waals surface area contributed by atoms with Crippen LogP contribution < -0.4 is 11.1 Å². The number of hydrogen-bond acceptors (Lipinski definition) is 3. The number of amides is 1. The lowest BCUT2D eigenvalue weighted by atomic mass is 10.1. The van der Waals surface area contributed by atoms with Gasteiger partial charge < -0.3 is 11.1 Å². The van der Waals surface area contributed by atoms with E-state index in [0.29, 0.717) is 0 Å². The first-order valence-corrected chi connectivity index (χ1v) is 5.55. The van der Waals surface area contributed by atoms with E-state index in [1.54, 1.807) is 7.05 Å². The van der Waals surface area contributed by atoms with Gasteiger partial charge in [-0.1, -0.05) is 6.07 Å². The van der Waals surface area contributed by atoms with Crippen LogP contribution in [0.1, 0.15) is 15.9 Å². The number of aryl methyl sites for hydroxylation is 1. The van der Waals surface area contributed by atoms with Gasteiger partial charge in [0.15, 0.2) is 5.82 Å². The van der Waals surface area contributed by atoms with E-state index in [9.17, 15) is 18.0 Å². The van der Waals surface area contributed by atoms with Gasteiger partial charge in [-0.05, 0) is 18.2 Å². The summed E-state index contributed by atoms with van der Waals surface area (Å²) in [4.78, 5) is 11.9. The van der Waals surface area contributed by atoms with Crippen molar-refractivity contribution >= 4 is 17.4 Å². The van der Waals surface area contributed by atoms with Crippen molar-refractivity contribution in [3.8, 4) is 0 Å². The largest absolute Gasteiger partial charge is 0.416 e. The molecule has 0 spiro atoms. The Morgan fingerprint density at radius 3 is 2.65 bits per heavy atom. The molecule has 106 valence electrons. The van der Waals surface area contributed by atoms with Gasteiger partial charge in [0, 0.05) is 12.6 Å². The van der Waals surface area contributed by atoms with Gasteiger partial charge in [0.05, 0.1) is 17.4 Å². The Hall–Kier alpha value is -2.51. The maximum atomic E-state index is 12.6. The highest BCUT2D eigenvalue weighted by Gasteiger charge is 2.31. The number of hydrogen-bond donors (Lipinski definition) is 2. The zero-order valence-corrected chi connectivity index (χ0v) is 10.4. The Kier molecular flexibility index (Phi) is 3.39. The fourth-order valence-electron chi connectivity index (χ4n) is 1.62. The van der Waals surface area contributed by atoms with E-state index < -0.39 is 17.6 Å². The third-order valence-electron chi connectivity index (χ3n) is 2.65. The molecule has 1 aromatic carbocycles. The zero-order chi connectivity index (χ0) is 14.9. The second kappa shape index (κ2) is 4.87. The molecule has 2 rings (SSSR count). The highest BCUT2D eigenvalue weighted by Crippen LogP contribution is 2.29. The van der Waals surface area contributed by atoms with Crippen LogP contribution in [0.4, 0.5) is 24.7 Å². The van der Waals surface area contributed by atoms with Crippen molar-refractivity contribution < 1.29 is 18.0 Å². The van der Waals surface area contributed by atoms with Crippen LogP contribution in [0.3, 0.4) is 0 Å². The first-order valence-electron chi connectivity index (χ1n) is 5.55. The Balaban J connectivity index is 2.26. The fraction of sp³-hybridized carbons (Fsp3) is 0.167. The Morgan fingerprint density at radius 2 is 2.10 bits per heavy atom. The molecule has 0 aliphatic heterocycles. The molecule has 0 bridgehead atoms. The van der Waals surface area contributed by atoms with Crippen LogP contribution in [-0.2, 0) is 13.2 Å². The first kappa shape index (κ1) is 13.9. The van der Waals surface area contributed by atoms with E-state index in [-0.39, 0.29) is 17.1 Å². The predicted octanol–water partition coefficient (Wildman–Crippen LogP) is 2.27. The normalized spacial score (nSPS) is 11.4. The number of nitrogens with zero attached hydrogens (tertiary/aromatic N) is 2. The Morgan fingerprint density at radius 1 is 1.40 bits per heavy atom.